The van der Waals surface area contributed by atoms with Gasteiger partial charge < -0.3 is 14.8 Å². The molecule has 1 saturated heterocycles. The molecule has 11 heteroatoms. The number of sulfonamides is 1. The first-order valence-electron chi connectivity index (χ1n) is 11.3. The second-order valence-corrected chi connectivity index (χ2v) is 10.0. The molecule has 1 amide bonds. The van der Waals surface area contributed by atoms with Crippen molar-refractivity contribution in [2.75, 3.05) is 26.1 Å². The summed E-state index contributed by atoms with van der Waals surface area (Å²) in [5.41, 5.74) is 1.70. The summed E-state index contributed by atoms with van der Waals surface area (Å²) in [6.07, 6.45) is 2.75. The van der Waals surface area contributed by atoms with E-state index in [1.165, 1.54) is 24.6 Å². The lowest BCUT2D eigenvalue weighted by Crippen LogP contribution is -2.49. The Morgan fingerprint density at radius 1 is 1.15 bits per heavy atom. The molecule has 182 valence electrons. The number of methoxy groups -OCH3 is 2. The molecule has 1 N–H and O–H groups in total. The van der Waals surface area contributed by atoms with Crippen molar-refractivity contribution in [1.82, 2.24) is 19.3 Å². The molecule has 4 rings (SSSR count). The lowest BCUT2D eigenvalue weighted by molar-refractivity contribution is -0.120. The highest BCUT2D eigenvalue weighted by Gasteiger charge is 2.38. The summed E-state index contributed by atoms with van der Waals surface area (Å²) < 4.78 is 40.8. The van der Waals surface area contributed by atoms with Crippen LogP contribution in [-0.4, -0.2) is 60.4 Å². The molecule has 10 nitrogen and oxygen atoms in total. The van der Waals surface area contributed by atoms with E-state index in [0.717, 1.165) is 18.4 Å². The first-order chi connectivity index (χ1) is 16.4. The summed E-state index contributed by atoms with van der Waals surface area (Å²) in [7, 11) is -0.902. The summed E-state index contributed by atoms with van der Waals surface area (Å²) in [4.78, 5) is 13.4. The Morgan fingerprint density at radius 2 is 1.97 bits per heavy atom. The molecule has 0 aliphatic carbocycles. The number of amides is 1. The number of hydrogen-bond donors (Lipinski definition) is 1. The minimum Gasteiger partial charge on any atom is -0.497 e. The van der Waals surface area contributed by atoms with Gasteiger partial charge in [0, 0.05) is 19.2 Å². The number of carbonyl (C=O) groups excluding carboxylic acids is 1. The zero-order chi connectivity index (χ0) is 24.3. The number of fused-ring (bicyclic) bond motifs is 1. The zero-order valence-electron chi connectivity index (χ0n) is 19.5. The van der Waals surface area contributed by atoms with E-state index in [0.29, 0.717) is 42.1 Å². The second kappa shape index (κ2) is 9.98. The molecule has 34 heavy (non-hydrogen) atoms. The van der Waals surface area contributed by atoms with Gasteiger partial charge in [-0.05, 0) is 49.6 Å². The Bertz CT molecular complexity index is 1290. The summed E-state index contributed by atoms with van der Waals surface area (Å²) in [6, 6.07) is 9.01. The first kappa shape index (κ1) is 24.0. The number of hydrogen-bond acceptors (Lipinski definition) is 7. The van der Waals surface area contributed by atoms with Gasteiger partial charge in [-0.1, -0.05) is 18.6 Å². The van der Waals surface area contributed by atoms with Crippen LogP contribution in [0.4, 0.5) is 5.69 Å². The van der Waals surface area contributed by atoms with Crippen molar-refractivity contribution in [2.24, 2.45) is 0 Å². The standard InChI is InChI=1S/C23H29N5O5S/c1-4-12-27-20-10-9-17(15-18(20)25-26-27)34(30,31)28-13-6-5-7-21(28)23(29)24-19-14-16(32-2)8-11-22(19)33-3/h8-11,14-15,21H,4-7,12-13H2,1-3H3,(H,24,29). The second-order valence-electron chi connectivity index (χ2n) is 8.15. The van der Waals surface area contributed by atoms with Gasteiger partial charge >= 0.3 is 0 Å². The van der Waals surface area contributed by atoms with Crippen LogP contribution in [-0.2, 0) is 21.4 Å². The predicted molar refractivity (Wildman–Crippen MR) is 128 cm³/mol. The van der Waals surface area contributed by atoms with Gasteiger partial charge in [0.05, 0.1) is 30.3 Å². The van der Waals surface area contributed by atoms with E-state index in [9.17, 15) is 13.2 Å². The maximum atomic E-state index is 13.6. The number of nitrogens with one attached hydrogen (secondary N) is 1. The molecule has 3 aromatic rings. The van der Waals surface area contributed by atoms with E-state index < -0.39 is 22.0 Å². The lowest BCUT2D eigenvalue weighted by atomic mass is 10.0. The molecule has 1 aromatic heterocycles. The van der Waals surface area contributed by atoms with Crippen LogP contribution >= 0.6 is 0 Å². The predicted octanol–water partition coefficient (Wildman–Crippen LogP) is 3.04. The fourth-order valence-electron chi connectivity index (χ4n) is 4.21. The van der Waals surface area contributed by atoms with E-state index in [1.807, 2.05) is 6.92 Å². The van der Waals surface area contributed by atoms with Crippen LogP contribution < -0.4 is 14.8 Å². The van der Waals surface area contributed by atoms with Crippen LogP contribution in [0.15, 0.2) is 41.3 Å². The Kier molecular flexibility index (Phi) is 7.03. The number of nitrogens with zero attached hydrogens (tertiary/aromatic N) is 4. The monoisotopic (exact) mass is 487 g/mol. The number of piperidine rings is 1. The van der Waals surface area contributed by atoms with Gasteiger partial charge in [-0.25, -0.2) is 13.1 Å². The van der Waals surface area contributed by atoms with Crippen LogP contribution in [0.3, 0.4) is 0 Å². The number of benzene rings is 2. The molecule has 2 aromatic carbocycles. The fraction of sp³-hybridized carbons (Fsp3) is 0.435. The van der Waals surface area contributed by atoms with Gasteiger partial charge in [0.1, 0.15) is 23.1 Å². The van der Waals surface area contributed by atoms with Crippen LogP contribution in [0.2, 0.25) is 0 Å². The van der Waals surface area contributed by atoms with Crippen LogP contribution in [0.1, 0.15) is 32.6 Å². The molecule has 1 atom stereocenters. The van der Waals surface area contributed by atoms with Crippen molar-refractivity contribution in [3.8, 4) is 11.5 Å². The van der Waals surface area contributed by atoms with Gasteiger partial charge in [-0.2, -0.15) is 4.31 Å². The molecule has 1 aliphatic rings. The maximum absolute atomic E-state index is 13.6. The summed E-state index contributed by atoms with van der Waals surface area (Å²) >= 11 is 0. The SMILES string of the molecule is CCCn1nnc2cc(S(=O)(=O)N3CCCCC3C(=O)Nc3cc(OC)ccc3OC)ccc21. The Balaban J connectivity index is 1.62. The third-order valence-electron chi connectivity index (χ3n) is 5.95. The van der Waals surface area contributed by atoms with Crippen molar-refractivity contribution in [1.29, 1.82) is 0 Å². The highest BCUT2D eigenvalue weighted by atomic mass is 32.2. The number of anilines is 1. The van der Waals surface area contributed by atoms with E-state index in [4.69, 9.17) is 9.47 Å². The highest BCUT2D eigenvalue weighted by Crippen LogP contribution is 2.31. The Morgan fingerprint density at radius 3 is 2.71 bits per heavy atom. The normalized spacial score (nSPS) is 17.0. The average Bonchev–Trinajstić information content (AvgIpc) is 3.26. The number of aromatic nitrogens is 3. The number of aryl methyl sites for hydroxylation is 1. The topological polar surface area (TPSA) is 116 Å². The van der Waals surface area contributed by atoms with Gasteiger partial charge in [0.15, 0.2) is 0 Å². The van der Waals surface area contributed by atoms with Crippen molar-refractivity contribution in [3.63, 3.8) is 0 Å². The average molecular weight is 488 g/mol. The molecule has 1 fully saturated rings. The van der Waals surface area contributed by atoms with Gasteiger partial charge in [0.25, 0.3) is 0 Å². The number of ether oxygens (including phenoxy) is 2. The first-order valence-corrected chi connectivity index (χ1v) is 12.7. The van der Waals surface area contributed by atoms with Crippen LogP contribution in [0, 0.1) is 0 Å². The molecule has 0 saturated carbocycles. The Hall–Kier alpha value is -3.18. The minimum atomic E-state index is -3.93. The molecule has 0 spiro atoms. The van der Waals surface area contributed by atoms with E-state index >= 15 is 0 Å². The van der Waals surface area contributed by atoms with Crippen molar-refractivity contribution >= 4 is 32.7 Å². The van der Waals surface area contributed by atoms with Crippen molar-refractivity contribution in [3.05, 3.63) is 36.4 Å². The molecular formula is C23H29N5O5S. The summed E-state index contributed by atoms with van der Waals surface area (Å²) in [6.45, 7) is 3.00. The van der Waals surface area contributed by atoms with Gasteiger partial charge in [0.2, 0.25) is 15.9 Å². The number of carbonyl (C=O) groups is 1. The van der Waals surface area contributed by atoms with Crippen molar-refractivity contribution in [2.45, 2.75) is 50.1 Å². The Labute approximate surface area is 198 Å². The molecule has 2 heterocycles. The van der Waals surface area contributed by atoms with Crippen LogP contribution in [0.5, 0.6) is 11.5 Å². The molecular weight excluding hydrogens is 458 g/mol. The van der Waals surface area contributed by atoms with Gasteiger partial charge in [-0.3, -0.25) is 4.79 Å². The number of rotatable bonds is 8. The lowest BCUT2D eigenvalue weighted by Gasteiger charge is -2.33. The third-order valence-corrected chi connectivity index (χ3v) is 7.85. The smallest absolute Gasteiger partial charge is 0.243 e. The van der Waals surface area contributed by atoms with E-state index in [1.54, 1.807) is 35.0 Å². The minimum absolute atomic E-state index is 0.0993. The molecule has 0 radical (unpaired) electrons. The molecule has 1 unspecified atom stereocenters. The largest absolute Gasteiger partial charge is 0.497 e. The van der Waals surface area contributed by atoms with Gasteiger partial charge in [-0.15, -0.1) is 5.10 Å². The quantitative estimate of drug-likeness (QED) is 0.519. The fourth-order valence-corrected chi connectivity index (χ4v) is 5.88. The molecule has 1 aliphatic heterocycles. The van der Waals surface area contributed by atoms with E-state index in [-0.39, 0.29) is 11.4 Å². The van der Waals surface area contributed by atoms with Crippen molar-refractivity contribution < 1.29 is 22.7 Å². The van der Waals surface area contributed by atoms with Crippen LogP contribution in [0.25, 0.3) is 11.0 Å². The summed E-state index contributed by atoms with van der Waals surface area (Å²) in [5.74, 6) is 0.596. The molecule has 0 bridgehead atoms. The highest BCUT2D eigenvalue weighted by molar-refractivity contribution is 7.89. The summed E-state index contributed by atoms with van der Waals surface area (Å²) in [5, 5.41) is 11.1. The maximum Gasteiger partial charge on any atom is 0.243 e. The third kappa shape index (κ3) is 4.58. The zero-order valence-corrected chi connectivity index (χ0v) is 20.3. The van der Waals surface area contributed by atoms with E-state index in [2.05, 4.69) is 15.6 Å².